The van der Waals surface area contributed by atoms with Crippen molar-refractivity contribution in [3.8, 4) is 0 Å². The Morgan fingerprint density at radius 2 is 1.95 bits per heavy atom. The first kappa shape index (κ1) is 14.5. The molecule has 0 aliphatic carbocycles. The summed E-state index contributed by atoms with van der Waals surface area (Å²) in [5.74, 6) is 0. The monoisotopic (exact) mass is 269 g/mol. The maximum absolute atomic E-state index is 6.00. The van der Waals surface area contributed by atoms with Crippen LogP contribution >= 0.6 is 0 Å². The van der Waals surface area contributed by atoms with E-state index in [1.165, 1.54) is 16.8 Å². The molecule has 0 aliphatic heterocycles. The van der Waals surface area contributed by atoms with Crippen LogP contribution in [0, 0.1) is 13.8 Å². The van der Waals surface area contributed by atoms with Crippen LogP contribution < -0.4 is 10.6 Å². The molecule has 0 saturated carbocycles. The first-order chi connectivity index (χ1) is 9.52. The van der Waals surface area contributed by atoms with Crippen molar-refractivity contribution in [1.29, 1.82) is 0 Å². The molecule has 20 heavy (non-hydrogen) atoms. The Hall–Kier alpha value is -1.87. The summed E-state index contributed by atoms with van der Waals surface area (Å²) in [6, 6.07) is 10.6. The molecule has 1 aromatic carbocycles. The molecule has 0 amide bonds. The van der Waals surface area contributed by atoms with Crippen molar-refractivity contribution in [2.75, 3.05) is 11.9 Å². The number of aromatic nitrogens is 1. The summed E-state index contributed by atoms with van der Waals surface area (Å²) in [5.41, 5.74) is 11.8. The van der Waals surface area contributed by atoms with Gasteiger partial charge < -0.3 is 10.6 Å². The second-order valence-corrected chi connectivity index (χ2v) is 5.30. The normalized spacial score (nSPS) is 12.2. The van der Waals surface area contributed by atoms with E-state index in [1.807, 2.05) is 12.3 Å². The number of nitrogens with zero attached hydrogens (tertiary/aromatic N) is 2. The van der Waals surface area contributed by atoms with E-state index >= 15 is 0 Å². The van der Waals surface area contributed by atoms with E-state index in [1.54, 1.807) is 0 Å². The molecular weight excluding hydrogens is 246 g/mol. The Labute approximate surface area is 121 Å². The molecule has 0 bridgehead atoms. The molecule has 2 aromatic rings. The highest BCUT2D eigenvalue weighted by Crippen LogP contribution is 2.27. The van der Waals surface area contributed by atoms with Crippen LogP contribution in [-0.2, 0) is 0 Å². The molecule has 3 nitrogen and oxygen atoms in total. The van der Waals surface area contributed by atoms with Crippen LogP contribution in [0.25, 0.3) is 0 Å². The molecule has 1 atom stereocenters. The highest BCUT2D eigenvalue weighted by molar-refractivity contribution is 5.65. The average Bonchev–Trinajstić information content (AvgIpc) is 2.46. The van der Waals surface area contributed by atoms with E-state index in [0.717, 1.165) is 17.8 Å². The van der Waals surface area contributed by atoms with Crippen molar-refractivity contribution in [3.05, 3.63) is 53.3 Å². The predicted molar refractivity (Wildman–Crippen MR) is 85.4 cm³/mol. The van der Waals surface area contributed by atoms with Crippen LogP contribution in [0.3, 0.4) is 0 Å². The second kappa shape index (κ2) is 6.06. The maximum Gasteiger partial charge on any atom is 0.0594 e. The summed E-state index contributed by atoms with van der Waals surface area (Å²) in [6.45, 7) is 6.31. The van der Waals surface area contributed by atoms with E-state index in [-0.39, 0.29) is 6.04 Å². The zero-order chi connectivity index (χ0) is 14.7. The number of anilines is 2. The Morgan fingerprint density at radius 1 is 1.20 bits per heavy atom. The molecule has 0 radical (unpaired) electrons. The Morgan fingerprint density at radius 3 is 2.50 bits per heavy atom. The summed E-state index contributed by atoms with van der Waals surface area (Å²) >= 11 is 0. The number of nitrogens with two attached hydrogens (primary N) is 1. The number of aryl methyl sites for hydroxylation is 2. The molecular formula is C17H23N3. The lowest BCUT2D eigenvalue weighted by Crippen LogP contribution is -2.14. The van der Waals surface area contributed by atoms with Crippen molar-refractivity contribution >= 4 is 11.4 Å². The van der Waals surface area contributed by atoms with E-state index in [4.69, 9.17) is 5.73 Å². The molecule has 0 fully saturated rings. The SMILES string of the molecule is CC[C@H](N)c1ccc(N(C)c2ccc(C)cc2C)cn1. The summed E-state index contributed by atoms with van der Waals surface area (Å²) in [4.78, 5) is 6.63. The highest BCUT2D eigenvalue weighted by atomic mass is 15.1. The van der Waals surface area contributed by atoms with Gasteiger partial charge in [0.15, 0.2) is 0 Å². The molecule has 0 aliphatic rings. The first-order valence-corrected chi connectivity index (χ1v) is 7.05. The van der Waals surface area contributed by atoms with Crippen molar-refractivity contribution in [2.45, 2.75) is 33.2 Å². The van der Waals surface area contributed by atoms with Gasteiger partial charge in [-0.05, 0) is 44.0 Å². The fourth-order valence-electron chi connectivity index (χ4n) is 2.35. The lowest BCUT2D eigenvalue weighted by atomic mass is 10.1. The van der Waals surface area contributed by atoms with E-state index < -0.39 is 0 Å². The van der Waals surface area contributed by atoms with Gasteiger partial charge in [0, 0.05) is 18.8 Å². The van der Waals surface area contributed by atoms with Gasteiger partial charge >= 0.3 is 0 Å². The second-order valence-electron chi connectivity index (χ2n) is 5.30. The summed E-state index contributed by atoms with van der Waals surface area (Å²) in [5, 5.41) is 0. The third-order valence-corrected chi connectivity index (χ3v) is 3.69. The molecule has 106 valence electrons. The Kier molecular flexibility index (Phi) is 4.40. The number of hydrogen-bond acceptors (Lipinski definition) is 3. The molecule has 2 N–H and O–H groups in total. The zero-order valence-electron chi connectivity index (χ0n) is 12.7. The van der Waals surface area contributed by atoms with Gasteiger partial charge in [0.2, 0.25) is 0 Å². The Bertz CT molecular complexity index is 575. The summed E-state index contributed by atoms with van der Waals surface area (Å²) < 4.78 is 0. The van der Waals surface area contributed by atoms with Crippen molar-refractivity contribution < 1.29 is 0 Å². The van der Waals surface area contributed by atoms with E-state index in [2.05, 4.69) is 62.0 Å². The third-order valence-electron chi connectivity index (χ3n) is 3.69. The lowest BCUT2D eigenvalue weighted by Gasteiger charge is -2.22. The van der Waals surface area contributed by atoms with Crippen LogP contribution in [0.4, 0.5) is 11.4 Å². The first-order valence-electron chi connectivity index (χ1n) is 7.05. The summed E-state index contributed by atoms with van der Waals surface area (Å²) in [6.07, 6.45) is 2.80. The minimum absolute atomic E-state index is 0.0236. The largest absolute Gasteiger partial charge is 0.343 e. The van der Waals surface area contributed by atoms with Crippen LogP contribution in [0.2, 0.25) is 0 Å². The average molecular weight is 269 g/mol. The minimum atomic E-state index is 0.0236. The van der Waals surface area contributed by atoms with Gasteiger partial charge in [-0.3, -0.25) is 4.98 Å². The molecule has 0 spiro atoms. The van der Waals surface area contributed by atoms with Crippen molar-refractivity contribution in [3.63, 3.8) is 0 Å². The molecule has 0 unspecified atom stereocenters. The van der Waals surface area contributed by atoms with Crippen molar-refractivity contribution in [1.82, 2.24) is 4.98 Å². The molecule has 3 heteroatoms. The fourth-order valence-corrected chi connectivity index (χ4v) is 2.35. The highest BCUT2D eigenvalue weighted by Gasteiger charge is 2.09. The fraction of sp³-hybridized carbons (Fsp3) is 0.353. The standard InChI is InChI=1S/C17H23N3/c1-5-15(18)16-8-7-14(11-19-16)20(4)17-9-6-12(2)10-13(17)3/h6-11,15H,5,18H2,1-4H3/t15-/m0/s1. The van der Waals surface area contributed by atoms with Gasteiger partial charge in [0.25, 0.3) is 0 Å². The number of hydrogen-bond donors (Lipinski definition) is 1. The van der Waals surface area contributed by atoms with Gasteiger partial charge in [-0.2, -0.15) is 0 Å². The smallest absolute Gasteiger partial charge is 0.0594 e. The van der Waals surface area contributed by atoms with Gasteiger partial charge in [0.1, 0.15) is 0 Å². The molecule has 1 aromatic heterocycles. The van der Waals surface area contributed by atoms with E-state index in [9.17, 15) is 0 Å². The van der Waals surface area contributed by atoms with Gasteiger partial charge in [-0.1, -0.05) is 24.6 Å². The third kappa shape index (κ3) is 2.99. The van der Waals surface area contributed by atoms with Crippen LogP contribution in [0.1, 0.15) is 36.2 Å². The number of pyridine rings is 1. The van der Waals surface area contributed by atoms with Crippen molar-refractivity contribution in [2.24, 2.45) is 5.73 Å². The number of benzene rings is 1. The molecule has 0 saturated heterocycles. The van der Waals surface area contributed by atoms with Gasteiger partial charge in [0.05, 0.1) is 17.6 Å². The lowest BCUT2D eigenvalue weighted by molar-refractivity contribution is 0.675. The zero-order valence-corrected chi connectivity index (χ0v) is 12.7. The van der Waals surface area contributed by atoms with Gasteiger partial charge in [-0.15, -0.1) is 0 Å². The van der Waals surface area contributed by atoms with Gasteiger partial charge in [-0.25, -0.2) is 0 Å². The van der Waals surface area contributed by atoms with Crippen LogP contribution in [0.15, 0.2) is 36.5 Å². The summed E-state index contributed by atoms with van der Waals surface area (Å²) in [7, 11) is 2.06. The van der Waals surface area contributed by atoms with Crippen LogP contribution in [0.5, 0.6) is 0 Å². The minimum Gasteiger partial charge on any atom is -0.343 e. The Balaban J connectivity index is 2.26. The molecule has 1 heterocycles. The quantitative estimate of drug-likeness (QED) is 0.916. The molecule has 2 rings (SSSR count). The van der Waals surface area contributed by atoms with E-state index in [0.29, 0.717) is 0 Å². The predicted octanol–water partition coefficient (Wildman–Crippen LogP) is 3.88. The van der Waals surface area contributed by atoms with Crippen LogP contribution in [-0.4, -0.2) is 12.0 Å². The topological polar surface area (TPSA) is 42.1 Å². The maximum atomic E-state index is 6.00. The number of rotatable bonds is 4.